The summed E-state index contributed by atoms with van der Waals surface area (Å²) in [6.45, 7) is 4.86. The van der Waals surface area contributed by atoms with Crippen LogP contribution in [0.1, 0.15) is 36.8 Å². The van der Waals surface area contributed by atoms with Crippen molar-refractivity contribution in [3.63, 3.8) is 0 Å². The minimum absolute atomic E-state index is 0.136. The van der Waals surface area contributed by atoms with E-state index in [0.29, 0.717) is 13.2 Å². The second kappa shape index (κ2) is 12.0. The summed E-state index contributed by atoms with van der Waals surface area (Å²) in [5.74, 6) is -1.26. The Morgan fingerprint density at radius 2 is 1.23 bits per heavy atom. The molecule has 0 atom stereocenters. The Balaban J connectivity index is 2.38. The Labute approximate surface area is 192 Å². The molecule has 2 rings (SSSR count). The van der Waals surface area contributed by atoms with Crippen molar-refractivity contribution in [1.82, 2.24) is 0 Å². The molecule has 0 aliphatic heterocycles. The van der Waals surface area contributed by atoms with Gasteiger partial charge < -0.3 is 18.9 Å². The van der Waals surface area contributed by atoms with Gasteiger partial charge in [-0.15, -0.1) is 0 Å². The van der Waals surface area contributed by atoms with Crippen LogP contribution < -0.4 is 0 Å². The van der Waals surface area contributed by atoms with E-state index in [0.717, 1.165) is 21.2 Å². The number of rotatable bonds is 11. The third-order valence-corrected chi connectivity index (χ3v) is 5.49. The maximum atomic E-state index is 12.9. The van der Waals surface area contributed by atoms with E-state index in [-0.39, 0.29) is 12.8 Å². The molecule has 0 amide bonds. The first-order chi connectivity index (χ1) is 14.9. The molecular formula is C24H29BrO6. The lowest BCUT2D eigenvalue weighted by molar-refractivity contribution is -0.169. The van der Waals surface area contributed by atoms with Gasteiger partial charge in [0.2, 0.25) is 0 Å². The number of hydrogen-bond acceptors (Lipinski definition) is 6. The molecule has 0 unspecified atom stereocenters. The zero-order valence-corrected chi connectivity index (χ0v) is 19.9. The van der Waals surface area contributed by atoms with Crippen LogP contribution in [0.5, 0.6) is 0 Å². The number of carbonyl (C=O) groups excluding carboxylic acids is 2. The van der Waals surface area contributed by atoms with Crippen LogP contribution in [0, 0.1) is 5.41 Å². The SMILES string of the molecule is CCOC(OCC)c1ccc(CC(Cc2ccc(Br)cc2)(C(=O)OC)C(=O)OC)cc1. The van der Waals surface area contributed by atoms with Gasteiger partial charge in [0.1, 0.15) is 0 Å². The number of methoxy groups -OCH3 is 2. The van der Waals surface area contributed by atoms with E-state index >= 15 is 0 Å². The van der Waals surface area contributed by atoms with Crippen LogP contribution in [0.3, 0.4) is 0 Å². The van der Waals surface area contributed by atoms with Gasteiger partial charge >= 0.3 is 11.9 Å². The highest BCUT2D eigenvalue weighted by Crippen LogP contribution is 2.32. The monoisotopic (exact) mass is 492 g/mol. The van der Waals surface area contributed by atoms with Crippen LogP contribution in [0.4, 0.5) is 0 Å². The highest BCUT2D eigenvalue weighted by molar-refractivity contribution is 9.10. The fraction of sp³-hybridized carbons (Fsp3) is 0.417. The van der Waals surface area contributed by atoms with Gasteiger partial charge in [-0.2, -0.15) is 0 Å². The van der Waals surface area contributed by atoms with Gasteiger partial charge in [0.05, 0.1) is 14.2 Å². The highest BCUT2D eigenvalue weighted by Gasteiger charge is 2.48. The van der Waals surface area contributed by atoms with Crippen LogP contribution in [0.2, 0.25) is 0 Å². The first kappa shape index (κ1) is 25.0. The average molecular weight is 493 g/mol. The van der Waals surface area contributed by atoms with Gasteiger partial charge in [0.15, 0.2) is 11.7 Å². The van der Waals surface area contributed by atoms with Crippen molar-refractivity contribution in [2.45, 2.75) is 33.0 Å². The zero-order valence-electron chi connectivity index (χ0n) is 18.4. The molecule has 0 fully saturated rings. The number of halogens is 1. The topological polar surface area (TPSA) is 71.1 Å². The lowest BCUT2D eigenvalue weighted by atomic mass is 9.76. The Hall–Kier alpha value is -2.22. The van der Waals surface area contributed by atoms with E-state index in [1.807, 2.05) is 62.4 Å². The summed E-state index contributed by atoms with van der Waals surface area (Å²) in [6, 6.07) is 14.9. The van der Waals surface area contributed by atoms with E-state index in [2.05, 4.69) is 15.9 Å². The molecular weight excluding hydrogens is 464 g/mol. The van der Waals surface area contributed by atoms with Crippen LogP contribution in [-0.2, 0) is 41.4 Å². The van der Waals surface area contributed by atoms with Gasteiger partial charge in [-0.1, -0.05) is 52.3 Å². The molecule has 0 aliphatic carbocycles. The molecule has 6 nitrogen and oxygen atoms in total. The molecule has 0 aliphatic rings. The number of ether oxygens (including phenoxy) is 4. The van der Waals surface area contributed by atoms with Crippen molar-refractivity contribution >= 4 is 27.9 Å². The molecule has 168 valence electrons. The Morgan fingerprint density at radius 3 is 1.61 bits per heavy atom. The molecule has 0 spiro atoms. The molecule has 0 bridgehead atoms. The van der Waals surface area contributed by atoms with Crippen molar-refractivity contribution in [3.8, 4) is 0 Å². The van der Waals surface area contributed by atoms with Gasteiger partial charge in [-0.25, -0.2) is 0 Å². The molecule has 0 aromatic heterocycles. The van der Waals surface area contributed by atoms with E-state index in [9.17, 15) is 9.59 Å². The second-order valence-corrected chi connectivity index (χ2v) is 7.95. The molecule has 31 heavy (non-hydrogen) atoms. The fourth-order valence-corrected chi connectivity index (χ4v) is 3.72. The van der Waals surface area contributed by atoms with Crippen LogP contribution in [-0.4, -0.2) is 39.4 Å². The average Bonchev–Trinajstić information content (AvgIpc) is 2.79. The number of esters is 2. The van der Waals surface area contributed by atoms with Crippen molar-refractivity contribution in [2.75, 3.05) is 27.4 Å². The summed E-state index contributed by atoms with van der Waals surface area (Å²) >= 11 is 3.40. The highest BCUT2D eigenvalue weighted by atomic mass is 79.9. The summed E-state index contributed by atoms with van der Waals surface area (Å²) in [5, 5.41) is 0. The van der Waals surface area contributed by atoms with Crippen LogP contribution >= 0.6 is 15.9 Å². The summed E-state index contributed by atoms with van der Waals surface area (Å²) in [4.78, 5) is 25.8. The predicted octanol–water partition coefficient (Wildman–Crippen LogP) is 4.64. The molecule has 0 N–H and O–H groups in total. The van der Waals surface area contributed by atoms with E-state index in [4.69, 9.17) is 18.9 Å². The quantitative estimate of drug-likeness (QED) is 0.258. The fourth-order valence-electron chi connectivity index (χ4n) is 3.46. The molecule has 0 radical (unpaired) electrons. The zero-order chi connectivity index (χ0) is 22.9. The smallest absolute Gasteiger partial charge is 0.323 e. The van der Waals surface area contributed by atoms with Gasteiger partial charge in [0.25, 0.3) is 0 Å². The third-order valence-electron chi connectivity index (χ3n) is 4.97. The third kappa shape index (κ3) is 6.38. The van der Waals surface area contributed by atoms with Gasteiger partial charge in [-0.3, -0.25) is 9.59 Å². The van der Waals surface area contributed by atoms with Crippen molar-refractivity contribution < 1.29 is 28.5 Å². The lowest BCUT2D eigenvalue weighted by Crippen LogP contribution is -2.45. The molecule has 0 heterocycles. The first-order valence-electron chi connectivity index (χ1n) is 10.1. The lowest BCUT2D eigenvalue weighted by Gasteiger charge is -2.28. The number of hydrogen-bond donors (Lipinski definition) is 0. The van der Waals surface area contributed by atoms with Gasteiger partial charge in [0, 0.05) is 23.2 Å². The number of carbonyl (C=O) groups is 2. The van der Waals surface area contributed by atoms with Crippen LogP contribution in [0.25, 0.3) is 0 Å². The second-order valence-electron chi connectivity index (χ2n) is 7.03. The maximum absolute atomic E-state index is 12.9. The summed E-state index contributed by atoms with van der Waals surface area (Å²) < 4.78 is 22.3. The van der Waals surface area contributed by atoms with Crippen molar-refractivity contribution in [1.29, 1.82) is 0 Å². The summed E-state index contributed by atoms with van der Waals surface area (Å²) in [6.07, 6.45) is -0.170. The Morgan fingerprint density at radius 1 is 0.806 bits per heavy atom. The maximum Gasteiger partial charge on any atom is 0.323 e. The minimum Gasteiger partial charge on any atom is -0.468 e. The first-order valence-corrected chi connectivity index (χ1v) is 10.9. The van der Waals surface area contributed by atoms with Crippen LogP contribution in [0.15, 0.2) is 53.0 Å². The molecule has 7 heteroatoms. The Bertz CT molecular complexity index is 825. The largest absolute Gasteiger partial charge is 0.468 e. The normalized spacial score (nSPS) is 11.4. The summed E-state index contributed by atoms with van der Waals surface area (Å²) in [7, 11) is 2.55. The minimum atomic E-state index is -1.50. The molecule has 2 aromatic carbocycles. The standard InChI is InChI=1S/C24H29BrO6/c1-5-30-21(31-6-2)19-11-7-17(8-12-19)15-24(22(26)28-3,23(27)29-4)16-18-9-13-20(25)14-10-18/h7-14,21H,5-6,15-16H2,1-4H3. The molecule has 0 saturated heterocycles. The summed E-state index contributed by atoms with van der Waals surface area (Å²) in [5.41, 5.74) is 0.979. The van der Waals surface area contributed by atoms with Crippen molar-refractivity contribution in [2.24, 2.45) is 5.41 Å². The number of benzene rings is 2. The van der Waals surface area contributed by atoms with Gasteiger partial charge in [-0.05, 0) is 49.9 Å². The predicted molar refractivity (Wildman–Crippen MR) is 120 cm³/mol. The van der Waals surface area contributed by atoms with E-state index in [1.54, 1.807) is 0 Å². The van der Waals surface area contributed by atoms with Crippen molar-refractivity contribution in [3.05, 3.63) is 69.7 Å². The van der Waals surface area contributed by atoms with E-state index < -0.39 is 23.6 Å². The Kier molecular flexibility index (Phi) is 9.68. The molecule has 0 saturated carbocycles. The van der Waals surface area contributed by atoms with E-state index in [1.165, 1.54) is 14.2 Å². The molecule has 2 aromatic rings.